The lowest BCUT2D eigenvalue weighted by atomic mass is 10.1. The van der Waals surface area contributed by atoms with Crippen molar-refractivity contribution in [2.75, 3.05) is 5.88 Å². The molecule has 0 aliphatic rings. The molecule has 0 aliphatic heterocycles. The number of benzene rings is 1. The Balaban J connectivity index is 3.07. The Kier molecular flexibility index (Phi) is 6.97. The van der Waals surface area contributed by atoms with Crippen LogP contribution in [0.5, 0.6) is 5.75 Å². The molecule has 0 amide bonds. The Labute approximate surface area is 136 Å². The maximum atomic E-state index is 12.7. The summed E-state index contributed by atoms with van der Waals surface area (Å²) in [5.74, 6) is 0.108. The molecule has 1 aromatic rings. The van der Waals surface area contributed by atoms with Crippen molar-refractivity contribution in [2.45, 2.75) is 19.2 Å². The number of alkyl halides is 4. The molecule has 0 N–H and O–H groups in total. The van der Waals surface area contributed by atoms with Crippen LogP contribution in [0.15, 0.2) is 48.1 Å². The second kappa shape index (κ2) is 8.25. The third-order valence-electron chi connectivity index (χ3n) is 2.66. The number of allylic oxidation sites excluding steroid dienone is 2. The van der Waals surface area contributed by atoms with Gasteiger partial charge in [0, 0.05) is 5.88 Å². The fourth-order valence-corrected chi connectivity index (χ4v) is 1.90. The standard InChI is InChI=1S/C15H13Cl2F3O2/c1-2-10(5-4-8-16)13(14(17)21)22-12-7-3-6-11(9-12)15(18,19)20/h2-7,9,13H,8H2,1H3/b5-4-,10-2+. The number of rotatable bonds is 6. The number of carbonyl (C=O) groups excluding carboxylic acids is 1. The summed E-state index contributed by atoms with van der Waals surface area (Å²) in [5, 5.41) is -0.843. The smallest absolute Gasteiger partial charge is 0.416 e. The first-order valence-electron chi connectivity index (χ1n) is 6.21. The fourth-order valence-electron chi connectivity index (χ4n) is 1.64. The van der Waals surface area contributed by atoms with Crippen LogP contribution in [0.25, 0.3) is 0 Å². The summed E-state index contributed by atoms with van der Waals surface area (Å²) in [6, 6.07) is 4.23. The van der Waals surface area contributed by atoms with Crippen LogP contribution in [0.3, 0.4) is 0 Å². The Morgan fingerprint density at radius 1 is 1.41 bits per heavy atom. The first kappa shape index (κ1) is 18.6. The van der Waals surface area contributed by atoms with Crippen molar-refractivity contribution in [2.24, 2.45) is 0 Å². The zero-order valence-corrected chi connectivity index (χ0v) is 13.0. The van der Waals surface area contributed by atoms with E-state index in [-0.39, 0.29) is 11.6 Å². The summed E-state index contributed by atoms with van der Waals surface area (Å²) in [6.45, 7) is 1.65. The summed E-state index contributed by atoms with van der Waals surface area (Å²) < 4.78 is 43.3. The number of ether oxygens (including phenoxy) is 1. The molecule has 0 fully saturated rings. The van der Waals surface area contributed by atoms with E-state index in [1.807, 2.05) is 0 Å². The average molecular weight is 353 g/mol. The van der Waals surface area contributed by atoms with Gasteiger partial charge in [0.05, 0.1) is 5.56 Å². The minimum atomic E-state index is -4.50. The van der Waals surface area contributed by atoms with E-state index in [2.05, 4.69) is 0 Å². The van der Waals surface area contributed by atoms with Crippen LogP contribution >= 0.6 is 23.2 Å². The first-order chi connectivity index (χ1) is 10.3. The third kappa shape index (κ3) is 5.39. The molecule has 7 heteroatoms. The molecule has 0 aliphatic carbocycles. The summed E-state index contributed by atoms with van der Waals surface area (Å²) >= 11 is 11.0. The van der Waals surface area contributed by atoms with Crippen LogP contribution in [-0.2, 0) is 11.0 Å². The second-order valence-corrected chi connectivity index (χ2v) is 4.85. The van der Waals surface area contributed by atoms with Crippen LogP contribution in [0.4, 0.5) is 13.2 Å². The van der Waals surface area contributed by atoms with Gasteiger partial charge in [-0.05, 0) is 42.3 Å². The van der Waals surface area contributed by atoms with E-state index >= 15 is 0 Å². The molecule has 0 bridgehead atoms. The molecule has 22 heavy (non-hydrogen) atoms. The number of hydrogen-bond acceptors (Lipinski definition) is 2. The Morgan fingerprint density at radius 3 is 2.59 bits per heavy atom. The van der Waals surface area contributed by atoms with Crippen LogP contribution in [0, 0.1) is 0 Å². The quantitative estimate of drug-likeness (QED) is 0.411. The Bertz CT molecular complexity index is 580. The Morgan fingerprint density at radius 2 is 2.09 bits per heavy atom. The van der Waals surface area contributed by atoms with Crippen molar-refractivity contribution < 1.29 is 22.7 Å². The minimum Gasteiger partial charge on any atom is -0.477 e. The van der Waals surface area contributed by atoms with Gasteiger partial charge in [-0.1, -0.05) is 24.3 Å². The van der Waals surface area contributed by atoms with E-state index in [0.717, 1.165) is 12.1 Å². The van der Waals surface area contributed by atoms with Gasteiger partial charge >= 0.3 is 6.18 Å². The highest BCUT2D eigenvalue weighted by atomic mass is 35.5. The summed E-state index contributed by atoms with van der Waals surface area (Å²) in [7, 11) is 0. The molecule has 1 aromatic carbocycles. The maximum Gasteiger partial charge on any atom is 0.416 e. The topological polar surface area (TPSA) is 26.3 Å². The SMILES string of the molecule is C/C=C(\C=C/CCl)C(Oc1cccc(C(F)(F)F)c1)C(=O)Cl. The number of hydrogen-bond donors (Lipinski definition) is 0. The molecule has 120 valence electrons. The molecular weight excluding hydrogens is 340 g/mol. The van der Waals surface area contributed by atoms with E-state index in [4.69, 9.17) is 27.9 Å². The lowest BCUT2D eigenvalue weighted by molar-refractivity contribution is -0.137. The lowest BCUT2D eigenvalue weighted by Crippen LogP contribution is -2.25. The van der Waals surface area contributed by atoms with Gasteiger partial charge in [0.25, 0.3) is 5.24 Å². The molecule has 0 radical (unpaired) electrons. The van der Waals surface area contributed by atoms with E-state index in [9.17, 15) is 18.0 Å². The van der Waals surface area contributed by atoms with E-state index < -0.39 is 23.1 Å². The largest absolute Gasteiger partial charge is 0.477 e. The lowest BCUT2D eigenvalue weighted by Gasteiger charge is -2.17. The zero-order chi connectivity index (χ0) is 16.8. The van der Waals surface area contributed by atoms with Crippen LogP contribution in [0.1, 0.15) is 12.5 Å². The Hall–Kier alpha value is -1.46. The maximum absolute atomic E-state index is 12.7. The normalized spacial score (nSPS) is 14.2. The van der Waals surface area contributed by atoms with Gasteiger partial charge in [-0.15, -0.1) is 11.6 Å². The molecule has 0 heterocycles. The highest BCUT2D eigenvalue weighted by Crippen LogP contribution is 2.32. The monoisotopic (exact) mass is 352 g/mol. The van der Waals surface area contributed by atoms with Gasteiger partial charge in [-0.25, -0.2) is 0 Å². The van der Waals surface area contributed by atoms with Crippen LogP contribution < -0.4 is 4.74 Å². The molecule has 1 rings (SSSR count). The van der Waals surface area contributed by atoms with Crippen LogP contribution in [0.2, 0.25) is 0 Å². The van der Waals surface area contributed by atoms with Gasteiger partial charge < -0.3 is 4.74 Å². The van der Waals surface area contributed by atoms with Gasteiger partial charge in [0.15, 0.2) is 6.10 Å². The molecule has 0 aromatic heterocycles. The van der Waals surface area contributed by atoms with Crippen molar-refractivity contribution in [3.05, 3.63) is 53.6 Å². The number of halogens is 5. The fraction of sp³-hybridized carbons (Fsp3) is 0.267. The van der Waals surface area contributed by atoms with Crippen molar-refractivity contribution in [1.82, 2.24) is 0 Å². The predicted molar refractivity (Wildman–Crippen MR) is 80.3 cm³/mol. The summed E-state index contributed by atoms with van der Waals surface area (Å²) in [6.07, 6.45) is -1.04. The van der Waals surface area contributed by atoms with E-state index in [0.29, 0.717) is 5.57 Å². The summed E-state index contributed by atoms with van der Waals surface area (Å²) in [4.78, 5) is 11.5. The van der Waals surface area contributed by atoms with Crippen molar-refractivity contribution >= 4 is 28.4 Å². The first-order valence-corrected chi connectivity index (χ1v) is 7.12. The zero-order valence-electron chi connectivity index (χ0n) is 11.5. The average Bonchev–Trinajstić information content (AvgIpc) is 2.46. The molecular formula is C15H13Cl2F3O2. The van der Waals surface area contributed by atoms with Gasteiger partial charge in [-0.3, -0.25) is 4.79 Å². The van der Waals surface area contributed by atoms with Gasteiger partial charge in [0.1, 0.15) is 5.75 Å². The minimum absolute atomic E-state index is 0.104. The van der Waals surface area contributed by atoms with Gasteiger partial charge in [-0.2, -0.15) is 13.2 Å². The summed E-state index contributed by atoms with van der Waals surface area (Å²) in [5.41, 5.74) is -0.470. The van der Waals surface area contributed by atoms with Crippen molar-refractivity contribution in [3.63, 3.8) is 0 Å². The molecule has 0 spiro atoms. The highest BCUT2D eigenvalue weighted by molar-refractivity contribution is 6.65. The van der Waals surface area contributed by atoms with E-state index in [1.54, 1.807) is 19.1 Å². The molecule has 0 saturated heterocycles. The second-order valence-electron chi connectivity index (χ2n) is 4.17. The highest BCUT2D eigenvalue weighted by Gasteiger charge is 2.31. The molecule has 2 nitrogen and oxygen atoms in total. The molecule has 1 unspecified atom stereocenters. The van der Waals surface area contributed by atoms with Crippen molar-refractivity contribution in [3.8, 4) is 5.75 Å². The van der Waals surface area contributed by atoms with Gasteiger partial charge in [0.2, 0.25) is 0 Å². The van der Waals surface area contributed by atoms with E-state index in [1.165, 1.54) is 18.2 Å². The number of carbonyl (C=O) groups is 1. The predicted octanol–water partition coefficient (Wildman–Crippen LogP) is 4.96. The third-order valence-corrected chi connectivity index (χ3v) is 3.03. The molecule has 0 saturated carbocycles. The van der Waals surface area contributed by atoms with Crippen molar-refractivity contribution in [1.29, 1.82) is 0 Å². The van der Waals surface area contributed by atoms with Crippen LogP contribution in [-0.4, -0.2) is 17.2 Å². The molecule has 1 atom stereocenters.